The number of carboxylic acid groups (broad SMARTS) is 1. The predicted molar refractivity (Wildman–Crippen MR) is 39.3 cm³/mol. The van der Waals surface area contributed by atoms with E-state index in [2.05, 4.69) is 0 Å². The lowest BCUT2D eigenvalue weighted by molar-refractivity contribution is -0.149. The van der Waals surface area contributed by atoms with E-state index in [9.17, 15) is 9.59 Å². The molecule has 0 radical (unpaired) electrons. The van der Waals surface area contributed by atoms with E-state index in [0.717, 1.165) is 12.8 Å². The summed E-state index contributed by atoms with van der Waals surface area (Å²) in [5.74, 6) is -1.70. The van der Waals surface area contributed by atoms with Crippen LogP contribution >= 0.6 is 0 Å². The molecule has 5 heteroatoms. The number of hydrogen-bond donors (Lipinski definition) is 2. The summed E-state index contributed by atoms with van der Waals surface area (Å²) in [4.78, 5) is 21.0. The molecule has 1 fully saturated rings. The predicted octanol–water partition coefficient (Wildman–Crippen LogP) is -0.506. The lowest BCUT2D eigenvalue weighted by Gasteiger charge is -2.05. The Kier molecular flexibility index (Phi) is 2.65. The van der Waals surface area contributed by atoms with Crippen molar-refractivity contribution in [1.29, 1.82) is 0 Å². The van der Waals surface area contributed by atoms with Gasteiger partial charge < -0.3 is 15.6 Å². The van der Waals surface area contributed by atoms with E-state index in [4.69, 9.17) is 15.6 Å². The van der Waals surface area contributed by atoms with Gasteiger partial charge in [0, 0.05) is 0 Å². The third kappa shape index (κ3) is 2.87. The molecular weight excluding hydrogens is 162 g/mol. The minimum atomic E-state index is -1.18. The first kappa shape index (κ1) is 8.99. The minimum absolute atomic E-state index is 0.0125. The number of carbonyl (C=O) groups is 2. The standard InChI is InChI=1S/C7H11NO4/c8-5(7(10)11)3-6(9)12-4-1-2-4/h4-5H,1-3,8H2,(H,10,11)/t5-/m0/s1. The fourth-order valence-electron chi connectivity index (χ4n) is 0.687. The van der Waals surface area contributed by atoms with Crippen molar-refractivity contribution in [2.24, 2.45) is 5.73 Å². The van der Waals surface area contributed by atoms with Gasteiger partial charge in [0.25, 0.3) is 0 Å². The number of rotatable bonds is 4. The Bertz CT molecular complexity index is 200. The molecule has 1 rings (SSSR count). The molecule has 0 spiro atoms. The van der Waals surface area contributed by atoms with E-state index in [1.54, 1.807) is 0 Å². The lowest BCUT2D eigenvalue weighted by Crippen LogP contribution is -2.33. The van der Waals surface area contributed by atoms with Crippen LogP contribution < -0.4 is 5.73 Å². The van der Waals surface area contributed by atoms with Crippen LogP contribution in [0.2, 0.25) is 0 Å². The lowest BCUT2D eigenvalue weighted by atomic mass is 10.2. The molecular formula is C7H11NO4. The highest BCUT2D eigenvalue weighted by Crippen LogP contribution is 2.23. The summed E-state index contributed by atoms with van der Waals surface area (Å²) < 4.78 is 4.80. The van der Waals surface area contributed by atoms with Crippen LogP contribution in [-0.4, -0.2) is 29.2 Å². The summed E-state index contributed by atoms with van der Waals surface area (Å²) in [7, 11) is 0. The van der Waals surface area contributed by atoms with E-state index < -0.39 is 18.0 Å². The average Bonchev–Trinajstić information content (AvgIpc) is 2.71. The molecule has 0 unspecified atom stereocenters. The maximum Gasteiger partial charge on any atom is 0.321 e. The maximum atomic E-state index is 10.8. The minimum Gasteiger partial charge on any atom is -0.480 e. The number of carbonyl (C=O) groups excluding carboxylic acids is 1. The molecule has 0 saturated heterocycles. The smallest absolute Gasteiger partial charge is 0.321 e. The molecule has 1 aliphatic carbocycles. The van der Waals surface area contributed by atoms with Gasteiger partial charge in [-0.25, -0.2) is 0 Å². The Balaban J connectivity index is 2.19. The van der Waals surface area contributed by atoms with Gasteiger partial charge in [0.2, 0.25) is 0 Å². The molecule has 0 aromatic rings. The Morgan fingerprint density at radius 2 is 2.17 bits per heavy atom. The molecule has 0 aromatic carbocycles. The fraction of sp³-hybridized carbons (Fsp3) is 0.714. The normalized spacial score (nSPS) is 18.4. The molecule has 0 aromatic heterocycles. The molecule has 1 saturated carbocycles. The topological polar surface area (TPSA) is 89.6 Å². The second-order valence-corrected chi connectivity index (χ2v) is 2.84. The molecule has 0 bridgehead atoms. The Labute approximate surface area is 69.5 Å². The van der Waals surface area contributed by atoms with Crippen LogP contribution in [0.25, 0.3) is 0 Å². The number of aliphatic carboxylic acids is 1. The van der Waals surface area contributed by atoms with Crippen LogP contribution in [0, 0.1) is 0 Å². The van der Waals surface area contributed by atoms with Gasteiger partial charge in [0.1, 0.15) is 12.1 Å². The zero-order valence-electron chi connectivity index (χ0n) is 6.53. The van der Waals surface area contributed by atoms with E-state index in [0.29, 0.717) is 0 Å². The molecule has 5 nitrogen and oxygen atoms in total. The number of nitrogens with two attached hydrogens (primary N) is 1. The zero-order chi connectivity index (χ0) is 9.14. The third-order valence-corrected chi connectivity index (χ3v) is 1.53. The summed E-state index contributed by atoms with van der Waals surface area (Å²) in [5.41, 5.74) is 5.11. The van der Waals surface area contributed by atoms with Gasteiger partial charge >= 0.3 is 11.9 Å². The van der Waals surface area contributed by atoms with Gasteiger partial charge in [-0.05, 0) is 12.8 Å². The maximum absolute atomic E-state index is 10.8. The summed E-state index contributed by atoms with van der Waals surface area (Å²) in [6, 6.07) is -1.14. The van der Waals surface area contributed by atoms with Crippen molar-refractivity contribution >= 4 is 11.9 Å². The van der Waals surface area contributed by atoms with Crippen LogP contribution in [0.4, 0.5) is 0 Å². The number of ether oxygens (including phenoxy) is 1. The van der Waals surface area contributed by atoms with Crippen molar-refractivity contribution in [2.45, 2.75) is 31.4 Å². The SMILES string of the molecule is N[C@@H](CC(=O)OC1CC1)C(=O)O. The number of carboxylic acids is 1. The summed E-state index contributed by atoms with van der Waals surface area (Å²) in [6.07, 6.45) is 1.53. The van der Waals surface area contributed by atoms with E-state index in [1.165, 1.54) is 0 Å². The van der Waals surface area contributed by atoms with Crippen molar-refractivity contribution in [3.05, 3.63) is 0 Å². The Morgan fingerprint density at radius 3 is 2.58 bits per heavy atom. The molecule has 0 aliphatic heterocycles. The largest absolute Gasteiger partial charge is 0.480 e. The highest BCUT2D eigenvalue weighted by molar-refractivity contribution is 5.81. The monoisotopic (exact) mass is 173 g/mol. The number of esters is 1. The van der Waals surface area contributed by atoms with Crippen molar-refractivity contribution < 1.29 is 19.4 Å². The van der Waals surface area contributed by atoms with Gasteiger partial charge in [0.05, 0.1) is 6.42 Å². The van der Waals surface area contributed by atoms with Crippen molar-refractivity contribution in [3.63, 3.8) is 0 Å². The Morgan fingerprint density at radius 1 is 1.58 bits per heavy atom. The van der Waals surface area contributed by atoms with Gasteiger partial charge in [-0.3, -0.25) is 9.59 Å². The fourth-order valence-corrected chi connectivity index (χ4v) is 0.687. The summed E-state index contributed by atoms with van der Waals surface area (Å²) in [5, 5.41) is 8.35. The molecule has 12 heavy (non-hydrogen) atoms. The summed E-state index contributed by atoms with van der Waals surface area (Å²) in [6.45, 7) is 0. The highest BCUT2D eigenvalue weighted by Gasteiger charge is 2.27. The molecule has 0 heterocycles. The van der Waals surface area contributed by atoms with E-state index >= 15 is 0 Å². The van der Waals surface area contributed by atoms with Gasteiger partial charge in [-0.1, -0.05) is 0 Å². The number of hydrogen-bond acceptors (Lipinski definition) is 4. The first-order chi connectivity index (χ1) is 5.59. The van der Waals surface area contributed by atoms with Gasteiger partial charge in [-0.15, -0.1) is 0 Å². The van der Waals surface area contributed by atoms with Crippen molar-refractivity contribution in [2.75, 3.05) is 0 Å². The molecule has 1 atom stereocenters. The average molecular weight is 173 g/mol. The quantitative estimate of drug-likeness (QED) is 0.559. The first-order valence-corrected chi connectivity index (χ1v) is 3.77. The van der Waals surface area contributed by atoms with Crippen LogP contribution in [0.15, 0.2) is 0 Å². The van der Waals surface area contributed by atoms with Crippen molar-refractivity contribution in [1.82, 2.24) is 0 Å². The van der Waals surface area contributed by atoms with Crippen LogP contribution in [0.5, 0.6) is 0 Å². The van der Waals surface area contributed by atoms with Crippen LogP contribution in [0.3, 0.4) is 0 Å². The van der Waals surface area contributed by atoms with Gasteiger partial charge in [0.15, 0.2) is 0 Å². The second-order valence-electron chi connectivity index (χ2n) is 2.84. The van der Waals surface area contributed by atoms with Crippen LogP contribution in [-0.2, 0) is 14.3 Å². The first-order valence-electron chi connectivity index (χ1n) is 3.77. The zero-order valence-corrected chi connectivity index (χ0v) is 6.53. The molecule has 0 amide bonds. The van der Waals surface area contributed by atoms with E-state index in [-0.39, 0.29) is 12.5 Å². The molecule has 1 aliphatic rings. The second kappa shape index (κ2) is 3.53. The molecule has 68 valence electrons. The highest BCUT2D eigenvalue weighted by atomic mass is 16.5. The van der Waals surface area contributed by atoms with Crippen LogP contribution in [0.1, 0.15) is 19.3 Å². The van der Waals surface area contributed by atoms with E-state index in [1.807, 2.05) is 0 Å². The van der Waals surface area contributed by atoms with Crippen molar-refractivity contribution in [3.8, 4) is 0 Å². The van der Waals surface area contributed by atoms with Gasteiger partial charge in [-0.2, -0.15) is 0 Å². The summed E-state index contributed by atoms with van der Waals surface area (Å²) >= 11 is 0. The Hall–Kier alpha value is -1.10. The molecule has 3 N–H and O–H groups in total. The third-order valence-electron chi connectivity index (χ3n) is 1.53.